The van der Waals surface area contributed by atoms with Gasteiger partial charge in [0.05, 0.1) is 0 Å². The molecule has 0 aliphatic carbocycles. The highest BCUT2D eigenvalue weighted by Gasteiger charge is 2.45. The molecule has 0 amide bonds. The van der Waals surface area contributed by atoms with E-state index in [-0.39, 0.29) is 9.96 Å². The molecule has 0 bridgehead atoms. The molecule has 1 fully saturated rings. The van der Waals surface area contributed by atoms with Gasteiger partial charge < -0.3 is 5.11 Å². The molecule has 1 unspecified atom stereocenters. The summed E-state index contributed by atoms with van der Waals surface area (Å²) >= 11 is 2.58. The third kappa shape index (κ3) is 2.56. The van der Waals surface area contributed by atoms with E-state index < -0.39 is 21.5 Å². The van der Waals surface area contributed by atoms with Crippen molar-refractivity contribution in [1.29, 1.82) is 0 Å². The van der Waals surface area contributed by atoms with E-state index in [1.54, 1.807) is 6.07 Å². The Balaban J connectivity index is 2.29. The number of thioether (sulfide) groups is 1. The van der Waals surface area contributed by atoms with Gasteiger partial charge in [-0.3, -0.25) is 4.79 Å². The lowest BCUT2D eigenvalue weighted by atomic mass is 10.0. The van der Waals surface area contributed by atoms with Gasteiger partial charge in [0, 0.05) is 10.6 Å². The van der Waals surface area contributed by atoms with Gasteiger partial charge in [-0.2, -0.15) is 16.5 Å². The quantitative estimate of drug-likeness (QED) is 0.876. The molecule has 1 aromatic heterocycles. The van der Waals surface area contributed by atoms with Crippen LogP contribution >= 0.6 is 23.1 Å². The Morgan fingerprint density at radius 3 is 2.67 bits per heavy atom. The maximum atomic E-state index is 12.1. The number of rotatable bonds is 4. The van der Waals surface area contributed by atoms with Gasteiger partial charge >= 0.3 is 5.97 Å². The average molecular weight is 307 g/mol. The van der Waals surface area contributed by atoms with Crippen LogP contribution in [0, 0.1) is 6.92 Å². The van der Waals surface area contributed by atoms with Crippen molar-refractivity contribution in [2.24, 2.45) is 0 Å². The zero-order valence-electron chi connectivity index (χ0n) is 9.67. The fourth-order valence-corrected chi connectivity index (χ4v) is 5.81. The molecule has 2 heterocycles. The number of carboxylic acid groups (broad SMARTS) is 1. The van der Waals surface area contributed by atoms with Gasteiger partial charge in [-0.25, -0.2) is 8.42 Å². The molecule has 0 spiro atoms. The third-order valence-electron chi connectivity index (χ3n) is 2.74. The fourth-order valence-electron chi connectivity index (χ4n) is 1.72. The highest BCUT2D eigenvalue weighted by Crippen LogP contribution is 2.31. The second-order valence-corrected chi connectivity index (χ2v) is 8.46. The minimum absolute atomic E-state index is 0.164. The minimum atomic E-state index is -3.75. The maximum absolute atomic E-state index is 12.1. The van der Waals surface area contributed by atoms with Gasteiger partial charge in [-0.1, -0.05) is 0 Å². The van der Waals surface area contributed by atoms with E-state index >= 15 is 0 Å². The Morgan fingerprint density at radius 2 is 2.22 bits per heavy atom. The Bertz CT molecular complexity index is 557. The van der Waals surface area contributed by atoms with E-state index in [1.807, 2.05) is 6.92 Å². The lowest BCUT2D eigenvalue weighted by Gasteiger charge is -2.23. The molecule has 100 valence electrons. The van der Waals surface area contributed by atoms with Crippen molar-refractivity contribution in [2.75, 3.05) is 11.5 Å². The van der Waals surface area contributed by atoms with Crippen LogP contribution in [0.4, 0.5) is 0 Å². The summed E-state index contributed by atoms with van der Waals surface area (Å²) in [5.74, 6) is -0.186. The van der Waals surface area contributed by atoms with Crippen molar-refractivity contribution < 1.29 is 18.3 Å². The highest BCUT2D eigenvalue weighted by molar-refractivity contribution is 7.99. The molecule has 1 atom stereocenters. The summed E-state index contributed by atoms with van der Waals surface area (Å²) in [4.78, 5) is 12.2. The number of aryl methyl sites for hydroxylation is 1. The van der Waals surface area contributed by atoms with Crippen molar-refractivity contribution in [3.8, 4) is 0 Å². The number of hydrogen-bond donors (Lipinski definition) is 2. The van der Waals surface area contributed by atoms with Crippen LogP contribution in [0.1, 0.15) is 11.3 Å². The van der Waals surface area contributed by atoms with Crippen molar-refractivity contribution in [3.63, 3.8) is 0 Å². The summed E-state index contributed by atoms with van der Waals surface area (Å²) in [5.41, 5.74) is -1.36. The number of nitrogens with one attached hydrogen (secondary N) is 1. The zero-order chi connectivity index (χ0) is 13.4. The molecule has 18 heavy (non-hydrogen) atoms. The summed E-state index contributed by atoms with van der Waals surface area (Å²) in [6.07, 6.45) is 0.316. The lowest BCUT2D eigenvalue weighted by Crippen LogP contribution is -2.54. The second kappa shape index (κ2) is 4.84. The maximum Gasteiger partial charge on any atom is 0.325 e. The molecular formula is C10H13NO4S3. The van der Waals surface area contributed by atoms with Crippen LogP contribution in [0.15, 0.2) is 16.3 Å². The Hall–Kier alpha value is -0.570. The van der Waals surface area contributed by atoms with Crippen LogP contribution in [0.2, 0.25) is 0 Å². The molecule has 1 saturated heterocycles. The van der Waals surface area contributed by atoms with Gasteiger partial charge in [0.2, 0.25) is 0 Å². The molecule has 2 rings (SSSR count). The predicted molar refractivity (Wildman–Crippen MR) is 71.7 cm³/mol. The number of carbonyl (C=O) groups is 1. The predicted octanol–water partition coefficient (Wildman–Crippen LogP) is 1.30. The number of hydrogen-bond acceptors (Lipinski definition) is 5. The van der Waals surface area contributed by atoms with Crippen LogP contribution in [0.5, 0.6) is 0 Å². The molecule has 2 N–H and O–H groups in total. The van der Waals surface area contributed by atoms with E-state index in [9.17, 15) is 18.3 Å². The number of thiophene rings is 1. The van der Waals surface area contributed by atoms with Crippen molar-refractivity contribution >= 4 is 39.1 Å². The van der Waals surface area contributed by atoms with Gasteiger partial charge in [-0.15, -0.1) is 11.3 Å². The number of aliphatic carboxylic acids is 1. The zero-order valence-corrected chi connectivity index (χ0v) is 12.1. The molecule has 0 aromatic carbocycles. The van der Waals surface area contributed by atoms with Gasteiger partial charge in [0.15, 0.2) is 0 Å². The first-order valence-electron chi connectivity index (χ1n) is 5.27. The first-order valence-corrected chi connectivity index (χ1v) is 8.73. The smallest absolute Gasteiger partial charge is 0.325 e. The second-order valence-electron chi connectivity index (χ2n) is 4.16. The first kappa shape index (κ1) is 13.9. The van der Waals surface area contributed by atoms with Crippen LogP contribution in [0.3, 0.4) is 0 Å². The SMILES string of the molecule is Cc1ccc(S(=O)(=O)NC2(C(=O)O)CCSC2)s1. The van der Waals surface area contributed by atoms with Crippen molar-refractivity contribution in [1.82, 2.24) is 4.72 Å². The van der Waals surface area contributed by atoms with E-state index in [2.05, 4.69) is 4.72 Å². The summed E-state index contributed by atoms with van der Waals surface area (Å²) < 4.78 is 26.8. The van der Waals surface area contributed by atoms with Gasteiger partial charge in [0.1, 0.15) is 9.75 Å². The molecule has 0 saturated carbocycles. The Labute approximate surface area is 114 Å². The largest absolute Gasteiger partial charge is 0.480 e. The van der Waals surface area contributed by atoms with Crippen molar-refractivity contribution in [3.05, 3.63) is 17.0 Å². The number of carboxylic acids is 1. The van der Waals surface area contributed by atoms with E-state index in [4.69, 9.17) is 0 Å². The molecule has 0 radical (unpaired) electrons. The fraction of sp³-hybridized carbons (Fsp3) is 0.500. The van der Waals surface area contributed by atoms with E-state index in [1.165, 1.54) is 17.8 Å². The Kier molecular flexibility index (Phi) is 3.72. The van der Waals surface area contributed by atoms with E-state index in [0.29, 0.717) is 12.2 Å². The van der Waals surface area contributed by atoms with Crippen LogP contribution < -0.4 is 4.72 Å². The lowest BCUT2D eigenvalue weighted by molar-refractivity contribution is -0.142. The molecular weight excluding hydrogens is 294 g/mol. The van der Waals surface area contributed by atoms with Crippen LogP contribution in [-0.2, 0) is 14.8 Å². The summed E-state index contributed by atoms with van der Waals surface area (Å²) in [5, 5.41) is 9.24. The van der Waals surface area contributed by atoms with Crippen molar-refractivity contribution in [2.45, 2.75) is 23.1 Å². The molecule has 1 aromatic rings. The monoisotopic (exact) mass is 307 g/mol. The summed E-state index contributed by atoms with van der Waals surface area (Å²) in [6.45, 7) is 1.81. The van der Waals surface area contributed by atoms with Crippen LogP contribution in [-0.4, -0.2) is 36.5 Å². The molecule has 8 heteroatoms. The normalized spacial score (nSPS) is 24.3. The highest BCUT2D eigenvalue weighted by atomic mass is 32.2. The van der Waals surface area contributed by atoms with E-state index in [0.717, 1.165) is 16.2 Å². The summed E-state index contributed by atoms with van der Waals surface area (Å²) in [7, 11) is -3.75. The van der Waals surface area contributed by atoms with Gasteiger partial charge in [0.25, 0.3) is 10.0 Å². The minimum Gasteiger partial charge on any atom is -0.480 e. The topological polar surface area (TPSA) is 83.5 Å². The van der Waals surface area contributed by atoms with Crippen LogP contribution in [0.25, 0.3) is 0 Å². The average Bonchev–Trinajstić information content (AvgIpc) is 2.87. The third-order valence-corrected chi connectivity index (χ3v) is 6.96. The molecule has 5 nitrogen and oxygen atoms in total. The molecule has 1 aliphatic heterocycles. The Morgan fingerprint density at radius 1 is 1.50 bits per heavy atom. The summed E-state index contributed by atoms with van der Waals surface area (Å²) in [6, 6.07) is 3.20. The van der Waals surface area contributed by atoms with Gasteiger partial charge in [-0.05, 0) is 31.2 Å². The first-order chi connectivity index (χ1) is 8.36. The molecule has 1 aliphatic rings. The standard InChI is InChI=1S/C10H13NO4S3/c1-7-2-3-8(17-7)18(14,15)11-10(9(12)13)4-5-16-6-10/h2-3,11H,4-6H2,1H3,(H,12,13). The number of sulfonamides is 1.